The van der Waals surface area contributed by atoms with Crippen LogP contribution < -0.4 is 22.5 Å². The molecule has 1 saturated heterocycles. The highest BCUT2D eigenvalue weighted by Gasteiger charge is 2.34. The van der Waals surface area contributed by atoms with Crippen molar-refractivity contribution in [2.24, 2.45) is 0 Å². The smallest absolute Gasteiger partial charge is 0.330 e. The van der Waals surface area contributed by atoms with Gasteiger partial charge in [-0.3, -0.25) is 28.7 Å². The summed E-state index contributed by atoms with van der Waals surface area (Å²) in [5, 5.41) is 18.1. The molecule has 4 rings (SSSR count). The van der Waals surface area contributed by atoms with Crippen molar-refractivity contribution < 1.29 is 19.7 Å². The number of terminal acetylenes is 1. The Bertz CT molecular complexity index is 1330. The van der Waals surface area contributed by atoms with Crippen LogP contribution in [0.25, 0.3) is 11.2 Å². The van der Waals surface area contributed by atoms with Crippen LogP contribution in [0, 0.1) is 19.3 Å². The number of anilines is 1. The van der Waals surface area contributed by atoms with E-state index in [4.69, 9.17) is 26.7 Å². The van der Waals surface area contributed by atoms with Gasteiger partial charge < -0.3 is 25.4 Å². The zero-order valence-corrected chi connectivity index (χ0v) is 17.6. The monoisotopic (exact) mass is 461 g/mol. The molecule has 0 amide bonds. The van der Waals surface area contributed by atoms with Crippen molar-refractivity contribution >= 4 is 17.1 Å². The summed E-state index contributed by atoms with van der Waals surface area (Å²) < 4.78 is 13.2. The number of nitrogen functional groups attached to an aromatic ring is 1. The van der Waals surface area contributed by atoms with E-state index >= 15 is 0 Å². The molecule has 4 heterocycles. The topological polar surface area (TPSA) is 203 Å². The molecule has 3 aromatic heterocycles. The minimum absolute atomic E-state index is 0.0291. The SMILES string of the molecule is C#C[C@H]1O[C@@H](n2cc(C)c(=O)[nH]c2=O)C[C@@H]1O.Nc1nc2c(ncn2COCCO)c(=O)[nH]1. The molecule has 176 valence electrons. The lowest BCUT2D eigenvalue weighted by molar-refractivity contribution is 0.00962. The predicted octanol–water partition coefficient (Wildman–Crippen LogP) is -2.21. The molecular weight excluding hydrogens is 438 g/mol. The molecule has 0 saturated carbocycles. The summed E-state index contributed by atoms with van der Waals surface area (Å²) in [5.74, 6) is 2.33. The van der Waals surface area contributed by atoms with Crippen molar-refractivity contribution in [3.63, 3.8) is 0 Å². The standard InChI is InChI=1S/C11H12N2O4.C8H11N5O3/c1-3-8-7(14)4-9(17-8)13-5-6(2)10(15)12-11(13)16;9-8-11-6-5(7(15)12-8)10-3-13(6)4-16-2-1-14/h1,5,7-9,14H,4H2,2H3,(H,12,15,16);3,14H,1-2,4H2,(H3,9,11,12,15)/t7-,8+,9+;/m0./s1. The molecule has 3 aromatic rings. The molecule has 0 radical (unpaired) electrons. The Morgan fingerprint density at radius 2 is 2.12 bits per heavy atom. The van der Waals surface area contributed by atoms with Gasteiger partial charge in [-0.25, -0.2) is 9.78 Å². The maximum atomic E-state index is 11.6. The van der Waals surface area contributed by atoms with Crippen LogP contribution in [0.2, 0.25) is 0 Å². The quantitative estimate of drug-likeness (QED) is 0.205. The zero-order valence-electron chi connectivity index (χ0n) is 17.6. The van der Waals surface area contributed by atoms with Gasteiger partial charge in [-0.15, -0.1) is 6.42 Å². The fourth-order valence-corrected chi connectivity index (χ4v) is 3.07. The van der Waals surface area contributed by atoms with Gasteiger partial charge in [0, 0.05) is 18.2 Å². The minimum Gasteiger partial charge on any atom is -0.394 e. The maximum absolute atomic E-state index is 11.6. The second-order valence-corrected chi connectivity index (χ2v) is 7.06. The normalized spacial score (nSPS) is 19.8. The van der Waals surface area contributed by atoms with Gasteiger partial charge in [0.1, 0.15) is 19.1 Å². The number of imidazole rings is 1. The second kappa shape index (κ2) is 10.2. The molecule has 3 atom stereocenters. The fraction of sp³-hybridized carbons (Fsp3) is 0.421. The van der Waals surface area contributed by atoms with Crippen molar-refractivity contribution in [1.29, 1.82) is 0 Å². The number of aromatic nitrogens is 6. The molecule has 1 aliphatic heterocycles. The van der Waals surface area contributed by atoms with Crippen molar-refractivity contribution in [1.82, 2.24) is 29.1 Å². The van der Waals surface area contributed by atoms with E-state index in [1.807, 2.05) is 0 Å². The third kappa shape index (κ3) is 5.35. The van der Waals surface area contributed by atoms with Gasteiger partial charge in [0.05, 0.1) is 25.6 Å². The lowest BCUT2D eigenvalue weighted by Crippen LogP contribution is -2.33. The third-order valence-corrected chi connectivity index (χ3v) is 4.68. The fourth-order valence-electron chi connectivity index (χ4n) is 3.07. The Labute approximate surface area is 185 Å². The van der Waals surface area contributed by atoms with E-state index < -0.39 is 29.7 Å². The first-order valence-corrected chi connectivity index (χ1v) is 9.76. The lowest BCUT2D eigenvalue weighted by Gasteiger charge is -2.13. The van der Waals surface area contributed by atoms with Gasteiger partial charge in [0.2, 0.25) is 5.95 Å². The molecule has 14 heteroatoms. The maximum Gasteiger partial charge on any atom is 0.330 e. The Hall–Kier alpha value is -3.77. The summed E-state index contributed by atoms with van der Waals surface area (Å²) in [6.45, 7) is 1.88. The number of ether oxygens (including phenoxy) is 2. The number of aromatic amines is 2. The highest BCUT2D eigenvalue weighted by Crippen LogP contribution is 2.26. The molecule has 0 unspecified atom stereocenters. The van der Waals surface area contributed by atoms with Gasteiger partial charge >= 0.3 is 5.69 Å². The first kappa shape index (κ1) is 23.9. The Balaban J connectivity index is 0.000000186. The van der Waals surface area contributed by atoms with E-state index in [0.29, 0.717) is 11.2 Å². The highest BCUT2D eigenvalue weighted by atomic mass is 16.5. The summed E-state index contributed by atoms with van der Waals surface area (Å²) in [5.41, 5.74) is 4.99. The van der Waals surface area contributed by atoms with Crippen LogP contribution in [0.3, 0.4) is 0 Å². The van der Waals surface area contributed by atoms with Gasteiger partial charge in [0.15, 0.2) is 11.2 Å². The van der Waals surface area contributed by atoms with Gasteiger partial charge in [-0.1, -0.05) is 5.92 Å². The lowest BCUT2D eigenvalue weighted by atomic mass is 10.2. The molecule has 1 aliphatic rings. The molecule has 0 aromatic carbocycles. The van der Waals surface area contributed by atoms with Gasteiger partial charge in [-0.2, -0.15) is 4.98 Å². The number of H-pyrrole nitrogens is 2. The Morgan fingerprint density at radius 3 is 2.79 bits per heavy atom. The van der Waals surface area contributed by atoms with E-state index in [-0.39, 0.29) is 43.4 Å². The first-order valence-electron chi connectivity index (χ1n) is 9.76. The number of hydrogen-bond acceptors (Lipinski definition) is 10. The molecular formula is C19H23N7O7. The van der Waals surface area contributed by atoms with E-state index in [0.717, 1.165) is 0 Å². The Kier molecular flexibility index (Phi) is 7.41. The van der Waals surface area contributed by atoms with E-state index in [9.17, 15) is 19.5 Å². The predicted molar refractivity (Wildman–Crippen MR) is 115 cm³/mol. The van der Waals surface area contributed by atoms with E-state index in [1.54, 1.807) is 6.92 Å². The number of nitrogens with one attached hydrogen (secondary N) is 2. The molecule has 33 heavy (non-hydrogen) atoms. The summed E-state index contributed by atoms with van der Waals surface area (Å²) in [6, 6.07) is 0. The van der Waals surface area contributed by atoms with Crippen molar-refractivity contribution in [2.45, 2.75) is 38.5 Å². The number of aliphatic hydroxyl groups is 2. The van der Waals surface area contributed by atoms with Crippen LogP contribution >= 0.6 is 0 Å². The summed E-state index contributed by atoms with van der Waals surface area (Å²) >= 11 is 0. The number of fused-ring (bicyclic) bond motifs is 1. The zero-order chi connectivity index (χ0) is 24.1. The molecule has 0 aliphatic carbocycles. The summed E-state index contributed by atoms with van der Waals surface area (Å²) in [6.07, 6.45) is 6.06. The van der Waals surface area contributed by atoms with Gasteiger partial charge in [0.25, 0.3) is 11.1 Å². The van der Waals surface area contributed by atoms with Crippen LogP contribution in [0.1, 0.15) is 18.2 Å². The van der Waals surface area contributed by atoms with Crippen molar-refractivity contribution in [3.8, 4) is 12.3 Å². The molecule has 1 fully saturated rings. The van der Waals surface area contributed by atoms with E-state index in [1.165, 1.54) is 21.7 Å². The number of rotatable bonds is 5. The van der Waals surface area contributed by atoms with Crippen LogP contribution in [0.15, 0.2) is 26.9 Å². The average Bonchev–Trinajstić information content (AvgIpc) is 3.34. The molecule has 6 N–H and O–H groups in total. The molecule has 0 bridgehead atoms. The Morgan fingerprint density at radius 1 is 1.36 bits per heavy atom. The second-order valence-electron chi connectivity index (χ2n) is 7.06. The van der Waals surface area contributed by atoms with Gasteiger partial charge in [-0.05, 0) is 6.92 Å². The highest BCUT2D eigenvalue weighted by molar-refractivity contribution is 5.70. The summed E-state index contributed by atoms with van der Waals surface area (Å²) in [4.78, 5) is 46.6. The van der Waals surface area contributed by atoms with Crippen LogP contribution in [0.5, 0.6) is 0 Å². The number of nitrogens with zero attached hydrogens (tertiary/aromatic N) is 4. The van der Waals surface area contributed by atoms with Crippen LogP contribution in [0.4, 0.5) is 5.95 Å². The number of nitrogens with two attached hydrogens (primary N) is 1. The third-order valence-electron chi connectivity index (χ3n) is 4.68. The summed E-state index contributed by atoms with van der Waals surface area (Å²) in [7, 11) is 0. The average molecular weight is 461 g/mol. The largest absolute Gasteiger partial charge is 0.394 e. The number of aryl methyl sites for hydroxylation is 1. The van der Waals surface area contributed by atoms with Crippen molar-refractivity contribution in [2.75, 3.05) is 18.9 Å². The first-order chi connectivity index (χ1) is 15.7. The van der Waals surface area contributed by atoms with Crippen molar-refractivity contribution in [3.05, 3.63) is 49.3 Å². The molecule has 0 spiro atoms. The number of hydrogen-bond donors (Lipinski definition) is 5. The van der Waals surface area contributed by atoms with Crippen LogP contribution in [-0.4, -0.2) is 64.7 Å². The number of aliphatic hydroxyl groups excluding tert-OH is 2. The minimum atomic E-state index is -0.802. The molecule has 14 nitrogen and oxygen atoms in total. The van der Waals surface area contributed by atoms with Crippen LogP contribution in [-0.2, 0) is 16.2 Å². The van der Waals surface area contributed by atoms with E-state index in [2.05, 4.69) is 25.9 Å².